The van der Waals surface area contributed by atoms with E-state index < -0.39 is 22.8 Å². The van der Waals surface area contributed by atoms with E-state index in [4.69, 9.17) is 9.47 Å². The fourth-order valence-corrected chi connectivity index (χ4v) is 7.83. The Hall–Kier alpha value is -1.89. The molecular weight excluding hydrogens is 356 g/mol. The van der Waals surface area contributed by atoms with E-state index in [1.54, 1.807) is 0 Å². The normalized spacial score (nSPS) is 47.6. The van der Waals surface area contributed by atoms with Gasteiger partial charge in [0.1, 0.15) is 17.2 Å². The first kappa shape index (κ1) is 17.0. The lowest BCUT2D eigenvalue weighted by molar-refractivity contribution is -0.304. The number of carbonyl (C=O) groups excluding carboxylic acids is 1. The van der Waals surface area contributed by atoms with E-state index in [2.05, 4.69) is 42.1 Å². The summed E-state index contributed by atoms with van der Waals surface area (Å²) >= 11 is 0. The smallest absolute Gasteiger partial charge is 0.319 e. The van der Waals surface area contributed by atoms with E-state index in [1.165, 1.54) is 0 Å². The van der Waals surface area contributed by atoms with Crippen LogP contribution in [-0.4, -0.2) is 61.3 Å². The van der Waals surface area contributed by atoms with Gasteiger partial charge in [0.15, 0.2) is 6.29 Å². The van der Waals surface area contributed by atoms with Crippen LogP contribution in [0.3, 0.4) is 0 Å². The third-order valence-corrected chi connectivity index (χ3v) is 8.63. The molecule has 148 valence electrons. The molecule has 5 heterocycles. The monoisotopic (exact) mass is 382 g/mol. The Labute approximate surface area is 164 Å². The van der Waals surface area contributed by atoms with Crippen LogP contribution in [0, 0.1) is 11.3 Å². The molecule has 6 heteroatoms. The van der Waals surface area contributed by atoms with Crippen molar-refractivity contribution in [2.75, 3.05) is 32.1 Å². The Kier molecular flexibility index (Phi) is 3.03. The highest BCUT2D eigenvalue weighted by Crippen LogP contribution is 2.76. The number of benzene rings is 1. The van der Waals surface area contributed by atoms with Crippen LogP contribution in [0.25, 0.3) is 0 Å². The Bertz CT molecular complexity index is 931. The summed E-state index contributed by atoms with van der Waals surface area (Å²) in [5.74, 6) is -0.358. The van der Waals surface area contributed by atoms with Gasteiger partial charge in [0.2, 0.25) is 0 Å². The Morgan fingerprint density at radius 1 is 1.29 bits per heavy atom. The predicted molar refractivity (Wildman–Crippen MR) is 103 cm³/mol. The second-order valence-electron chi connectivity index (χ2n) is 8.96. The second-order valence-corrected chi connectivity index (χ2v) is 8.96. The molecule has 6 atom stereocenters. The average molecular weight is 382 g/mol. The lowest BCUT2D eigenvalue weighted by Gasteiger charge is -2.69. The Balaban J connectivity index is 1.76. The van der Waals surface area contributed by atoms with Crippen LogP contribution < -0.4 is 4.90 Å². The fourth-order valence-electron chi connectivity index (χ4n) is 7.83. The third-order valence-electron chi connectivity index (χ3n) is 8.63. The number of ether oxygens (including phenoxy) is 2. The molecule has 1 spiro atoms. The van der Waals surface area contributed by atoms with Crippen molar-refractivity contribution in [1.82, 2.24) is 4.90 Å². The van der Waals surface area contributed by atoms with Gasteiger partial charge in [-0.05, 0) is 44.0 Å². The van der Waals surface area contributed by atoms with Gasteiger partial charge in [-0.3, -0.25) is 9.69 Å². The summed E-state index contributed by atoms with van der Waals surface area (Å²) in [7, 11) is 4.23. The van der Waals surface area contributed by atoms with Gasteiger partial charge in [0, 0.05) is 25.2 Å². The first-order valence-electron chi connectivity index (χ1n) is 10.2. The average Bonchev–Trinajstić information content (AvgIpc) is 3.16. The van der Waals surface area contributed by atoms with Gasteiger partial charge in [-0.15, -0.1) is 0 Å². The van der Waals surface area contributed by atoms with Crippen molar-refractivity contribution < 1.29 is 19.4 Å². The topological polar surface area (TPSA) is 62.2 Å². The molecule has 7 rings (SSSR count). The molecule has 4 saturated heterocycles. The lowest BCUT2D eigenvalue weighted by atomic mass is 9.42. The summed E-state index contributed by atoms with van der Waals surface area (Å²) in [6.07, 6.45) is 2.14. The molecule has 1 N–H and O–H groups in total. The molecular formula is C22H26N2O4. The van der Waals surface area contributed by atoms with Crippen LogP contribution >= 0.6 is 0 Å². The summed E-state index contributed by atoms with van der Waals surface area (Å²) in [6.45, 7) is 3.22. The van der Waals surface area contributed by atoms with Crippen molar-refractivity contribution in [3.63, 3.8) is 0 Å². The zero-order valence-electron chi connectivity index (χ0n) is 16.5. The number of likely N-dealkylation sites (tertiary alicyclic amines) is 1. The predicted octanol–water partition coefficient (Wildman–Crippen LogP) is 1.63. The number of para-hydroxylation sites is 1. The number of fused-ring (bicyclic) bond motifs is 2. The zero-order valence-corrected chi connectivity index (χ0v) is 16.5. The molecule has 28 heavy (non-hydrogen) atoms. The van der Waals surface area contributed by atoms with Crippen molar-refractivity contribution in [3.05, 3.63) is 41.5 Å². The zero-order chi connectivity index (χ0) is 19.5. The first-order chi connectivity index (χ1) is 13.5. The van der Waals surface area contributed by atoms with Crippen molar-refractivity contribution in [3.8, 4) is 0 Å². The molecule has 5 fully saturated rings. The van der Waals surface area contributed by atoms with Crippen LogP contribution in [0.4, 0.5) is 5.69 Å². The number of nitrogens with zero attached hydrogens (tertiary/aromatic N) is 2. The molecule has 1 saturated carbocycles. The number of likely N-dealkylation sites (N-methyl/N-ethyl adjacent to an activating group) is 2. The minimum atomic E-state index is -1.18. The van der Waals surface area contributed by atoms with E-state index in [9.17, 15) is 9.90 Å². The number of hydrogen-bond acceptors (Lipinski definition) is 6. The van der Waals surface area contributed by atoms with Crippen LogP contribution in [0.1, 0.15) is 25.3 Å². The minimum absolute atomic E-state index is 0.0633. The number of aliphatic hydroxyl groups is 1. The molecule has 1 aliphatic carbocycles. The van der Waals surface area contributed by atoms with Crippen LogP contribution in [0.5, 0.6) is 0 Å². The second kappa shape index (κ2) is 4.99. The number of esters is 1. The van der Waals surface area contributed by atoms with Crippen molar-refractivity contribution in [2.45, 2.75) is 43.2 Å². The molecule has 6 unspecified atom stereocenters. The van der Waals surface area contributed by atoms with Gasteiger partial charge in [-0.1, -0.05) is 24.3 Å². The van der Waals surface area contributed by atoms with Gasteiger partial charge in [-0.25, -0.2) is 0 Å². The SMILES string of the molecule is CC=C1COC(O)C23C(=O)OC(CC12)C12N(C)CCC31c1ccccc1N2C. The highest BCUT2D eigenvalue weighted by atomic mass is 16.6. The summed E-state index contributed by atoms with van der Waals surface area (Å²) in [6, 6.07) is 8.35. The number of rotatable bonds is 0. The van der Waals surface area contributed by atoms with E-state index >= 15 is 0 Å². The molecule has 0 amide bonds. The standard InChI is InChI=1S/C22H26N2O4/c1-4-13-12-27-18(25)21-15(13)11-17(28-19(21)26)22-20(21,9-10-23(22)2)14-7-5-6-8-16(14)24(22)3/h4-8,15,17-18,25H,9-12H2,1-3H3. The van der Waals surface area contributed by atoms with Crippen LogP contribution in [0.2, 0.25) is 0 Å². The summed E-state index contributed by atoms with van der Waals surface area (Å²) in [5.41, 5.74) is 1.17. The molecule has 1 aromatic carbocycles. The molecule has 6 nitrogen and oxygen atoms in total. The van der Waals surface area contributed by atoms with Gasteiger partial charge in [0.25, 0.3) is 0 Å². The maximum absolute atomic E-state index is 13.7. The quantitative estimate of drug-likeness (QED) is 0.544. The number of hydrogen-bond donors (Lipinski definition) is 1. The Morgan fingerprint density at radius 2 is 2.07 bits per heavy atom. The molecule has 1 aromatic rings. The Morgan fingerprint density at radius 3 is 2.86 bits per heavy atom. The fraction of sp³-hybridized carbons (Fsp3) is 0.591. The number of carbonyl (C=O) groups is 1. The van der Waals surface area contributed by atoms with Crippen molar-refractivity contribution in [1.29, 1.82) is 0 Å². The van der Waals surface area contributed by atoms with Crippen molar-refractivity contribution in [2.24, 2.45) is 11.3 Å². The van der Waals surface area contributed by atoms with E-state index in [-0.39, 0.29) is 18.0 Å². The molecule has 0 radical (unpaired) electrons. The molecule has 6 aliphatic rings. The van der Waals surface area contributed by atoms with E-state index in [0.717, 1.165) is 36.2 Å². The number of aliphatic hydroxyl groups excluding tert-OH is 1. The maximum Gasteiger partial charge on any atom is 0.319 e. The largest absolute Gasteiger partial charge is 0.458 e. The van der Waals surface area contributed by atoms with E-state index in [0.29, 0.717) is 6.61 Å². The van der Waals surface area contributed by atoms with Gasteiger partial charge in [0.05, 0.1) is 12.0 Å². The molecule has 5 aliphatic heterocycles. The number of anilines is 1. The van der Waals surface area contributed by atoms with Crippen LogP contribution in [-0.2, 0) is 19.7 Å². The summed E-state index contributed by atoms with van der Waals surface area (Å²) in [5, 5.41) is 11.4. The number of allylic oxidation sites excluding steroid dienone is 1. The lowest BCUT2D eigenvalue weighted by Crippen LogP contribution is -2.85. The highest BCUT2D eigenvalue weighted by molar-refractivity contribution is 5.89. The van der Waals surface area contributed by atoms with Gasteiger partial charge >= 0.3 is 5.97 Å². The molecule has 2 bridgehead atoms. The third kappa shape index (κ3) is 1.34. The summed E-state index contributed by atoms with van der Waals surface area (Å²) in [4.78, 5) is 18.3. The van der Waals surface area contributed by atoms with Crippen molar-refractivity contribution >= 4 is 11.7 Å². The summed E-state index contributed by atoms with van der Waals surface area (Å²) < 4.78 is 12.0. The highest BCUT2D eigenvalue weighted by Gasteiger charge is 2.88. The van der Waals surface area contributed by atoms with E-state index in [1.807, 2.05) is 19.1 Å². The maximum atomic E-state index is 13.7. The van der Waals surface area contributed by atoms with Gasteiger partial charge < -0.3 is 19.5 Å². The van der Waals surface area contributed by atoms with Gasteiger partial charge in [-0.2, -0.15) is 0 Å². The van der Waals surface area contributed by atoms with Crippen LogP contribution in [0.15, 0.2) is 35.9 Å². The first-order valence-corrected chi connectivity index (χ1v) is 10.2. The molecule has 0 aromatic heterocycles. The minimum Gasteiger partial charge on any atom is -0.458 e.